The van der Waals surface area contributed by atoms with E-state index in [0.29, 0.717) is 0 Å². The Hall–Kier alpha value is -2.60. The Balaban J connectivity index is 2.15. The minimum Gasteiger partial charge on any atom is -0.481 e. The summed E-state index contributed by atoms with van der Waals surface area (Å²) in [5, 5.41) is 8.47. The summed E-state index contributed by atoms with van der Waals surface area (Å²) in [6, 6.07) is 13.3. The number of carboxylic acids is 1. The van der Waals surface area contributed by atoms with Gasteiger partial charge in [0.1, 0.15) is 6.42 Å². The van der Waals surface area contributed by atoms with Crippen LogP contribution in [0.25, 0.3) is 11.3 Å². The second kappa shape index (κ2) is 5.65. The number of aliphatic carboxylic acids is 1. The first-order valence-corrected chi connectivity index (χ1v) is 5.48. The summed E-state index contributed by atoms with van der Waals surface area (Å²) < 4.78 is 0. The van der Waals surface area contributed by atoms with Crippen LogP contribution in [-0.2, 0) is 4.79 Å². The van der Waals surface area contributed by atoms with Gasteiger partial charge in [-0.2, -0.15) is 0 Å². The highest BCUT2D eigenvalue weighted by Crippen LogP contribution is 2.16. The third kappa shape index (κ3) is 3.19. The average Bonchev–Trinajstić information content (AvgIpc) is 2.40. The molecule has 0 amide bonds. The molecule has 3 heteroatoms. The van der Waals surface area contributed by atoms with Crippen LogP contribution in [0.3, 0.4) is 0 Å². The van der Waals surface area contributed by atoms with Crippen LogP contribution >= 0.6 is 0 Å². The van der Waals surface area contributed by atoms with Gasteiger partial charge in [0.05, 0.1) is 5.69 Å². The van der Waals surface area contributed by atoms with Gasteiger partial charge in [-0.15, -0.1) is 0 Å². The summed E-state index contributed by atoms with van der Waals surface area (Å²) in [4.78, 5) is 14.6. The third-order valence-corrected chi connectivity index (χ3v) is 2.32. The Morgan fingerprint density at radius 2 is 1.94 bits per heavy atom. The number of rotatable bonds is 2. The molecule has 0 fully saturated rings. The Morgan fingerprint density at radius 1 is 1.17 bits per heavy atom. The normalized spacial score (nSPS) is 9.33. The van der Waals surface area contributed by atoms with Gasteiger partial charge in [-0.3, -0.25) is 9.78 Å². The summed E-state index contributed by atoms with van der Waals surface area (Å²) in [5.41, 5.74) is 2.72. The van der Waals surface area contributed by atoms with Crippen molar-refractivity contribution in [3.63, 3.8) is 0 Å². The highest BCUT2D eigenvalue weighted by Gasteiger charge is 1.97. The molecule has 0 radical (unpaired) electrons. The van der Waals surface area contributed by atoms with Gasteiger partial charge >= 0.3 is 5.97 Å². The standard InChI is InChI=1S/C15H11NO2/c17-15(18)6-3-4-12-7-9-13(10-8-12)14-5-1-2-11-16-14/h1-2,5,7-11H,6H2,(H,17,18). The molecule has 2 rings (SSSR count). The van der Waals surface area contributed by atoms with Crippen molar-refractivity contribution in [2.45, 2.75) is 6.42 Å². The van der Waals surface area contributed by atoms with Crippen molar-refractivity contribution in [1.29, 1.82) is 0 Å². The van der Waals surface area contributed by atoms with E-state index in [1.165, 1.54) is 0 Å². The molecule has 0 aliphatic rings. The lowest BCUT2D eigenvalue weighted by Crippen LogP contribution is -1.90. The maximum atomic E-state index is 10.3. The summed E-state index contributed by atoms with van der Waals surface area (Å²) >= 11 is 0. The van der Waals surface area contributed by atoms with E-state index in [0.717, 1.165) is 16.8 Å². The molecule has 0 atom stereocenters. The smallest absolute Gasteiger partial charge is 0.315 e. The van der Waals surface area contributed by atoms with Gasteiger partial charge in [0.2, 0.25) is 0 Å². The molecule has 0 spiro atoms. The molecular weight excluding hydrogens is 226 g/mol. The first-order valence-electron chi connectivity index (χ1n) is 5.48. The van der Waals surface area contributed by atoms with Gasteiger partial charge in [-0.25, -0.2) is 0 Å². The van der Waals surface area contributed by atoms with E-state index < -0.39 is 5.97 Å². The molecule has 3 nitrogen and oxygen atoms in total. The van der Waals surface area contributed by atoms with E-state index in [-0.39, 0.29) is 6.42 Å². The first-order chi connectivity index (χ1) is 8.75. The van der Waals surface area contributed by atoms with Crippen LogP contribution < -0.4 is 0 Å². The van der Waals surface area contributed by atoms with Crippen molar-refractivity contribution in [3.8, 4) is 23.1 Å². The fourth-order valence-electron chi connectivity index (χ4n) is 1.48. The lowest BCUT2D eigenvalue weighted by atomic mass is 10.1. The summed E-state index contributed by atoms with van der Waals surface area (Å²) in [7, 11) is 0. The zero-order valence-corrected chi connectivity index (χ0v) is 9.63. The largest absolute Gasteiger partial charge is 0.481 e. The van der Waals surface area contributed by atoms with E-state index >= 15 is 0 Å². The molecule has 0 saturated heterocycles. The van der Waals surface area contributed by atoms with Crippen LogP contribution in [0.15, 0.2) is 48.7 Å². The molecule has 0 unspecified atom stereocenters. The number of aromatic nitrogens is 1. The number of benzene rings is 1. The van der Waals surface area contributed by atoms with E-state index in [2.05, 4.69) is 16.8 Å². The van der Waals surface area contributed by atoms with Crippen LogP contribution in [0.5, 0.6) is 0 Å². The molecule has 1 aromatic carbocycles. The molecule has 0 aliphatic heterocycles. The van der Waals surface area contributed by atoms with Crippen molar-refractivity contribution in [2.24, 2.45) is 0 Å². The highest BCUT2D eigenvalue weighted by atomic mass is 16.4. The molecule has 0 bridgehead atoms. The number of nitrogens with zero attached hydrogens (tertiary/aromatic N) is 1. The fourth-order valence-corrected chi connectivity index (χ4v) is 1.48. The quantitative estimate of drug-likeness (QED) is 0.817. The summed E-state index contributed by atoms with van der Waals surface area (Å²) in [5.74, 6) is 4.49. The average molecular weight is 237 g/mol. The molecule has 0 aliphatic carbocycles. The third-order valence-electron chi connectivity index (χ3n) is 2.32. The Kier molecular flexibility index (Phi) is 3.72. The number of hydrogen-bond donors (Lipinski definition) is 1. The topological polar surface area (TPSA) is 50.2 Å². The predicted molar refractivity (Wildman–Crippen MR) is 68.8 cm³/mol. The van der Waals surface area contributed by atoms with E-state index in [1.807, 2.05) is 42.5 Å². The number of carboxylic acid groups (broad SMARTS) is 1. The van der Waals surface area contributed by atoms with Crippen molar-refractivity contribution in [3.05, 3.63) is 54.2 Å². The Labute approximate surface area is 105 Å². The van der Waals surface area contributed by atoms with Crippen molar-refractivity contribution >= 4 is 5.97 Å². The number of pyridine rings is 1. The first kappa shape index (κ1) is 11.9. The van der Waals surface area contributed by atoms with Crippen LogP contribution in [0, 0.1) is 11.8 Å². The Bertz CT molecular complexity index is 592. The lowest BCUT2D eigenvalue weighted by molar-refractivity contribution is -0.135. The van der Waals surface area contributed by atoms with Crippen molar-refractivity contribution < 1.29 is 9.90 Å². The van der Waals surface area contributed by atoms with Crippen molar-refractivity contribution in [2.75, 3.05) is 0 Å². The summed E-state index contributed by atoms with van der Waals surface area (Å²) in [6.07, 6.45) is 1.61. The molecular formula is C15H11NO2. The van der Waals surface area contributed by atoms with Gasteiger partial charge in [-0.05, 0) is 24.3 Å². The second-order valence-electron chi connectivity index (χ2n) is 3.66. The van der Waals surface area contributed by atoms with Crippen LogP contribution in [0.2, 0.25) is 0 Å². The number of hydrogen-bond acceptors (Lipinski definition) is 2. The number of carbonyl (C=O) groups is 1. The second-order valence-corrected chi connectivity index (χ2v) is 3.66. The maximum absolute atomic E-state index is 10.3. The van der Waals surface area contributed by atoms with E-state index in [4.69, 9.17) is 5.11 Å². The van der Waals surface area contributed by atoms with Gasteiger partial charge in [0.15, 0.2) is 0 Å². The van der Waals surface area contributed by atoms with Crippen LogP contribution in [-0.4, -0.2) is 16.1 Å². The minimum absolute atomic E-state index is 0.137. The minimum atomic E-state index is -0.910. The van der Waals surface area contributed by atoms with E-state index in [1.54, 1.807) is 6.20 Å². The predicted octanol–water partition coefficient (Wildman–Crippen LogP) is 2.57. The maximum Gasteiger partial charge on any atom is 0.315 e. The summed E-state index contributed by atoms with van der Waals surface area (Å²) in [6.45, 7) is 0. The monoisotopic (exact) mass is 237 g/mol. The molecule has 1 N–H and O–H groups in total. The fraction of sp³-hybridized carbons (Fsp3) is 0.0667. The zero-order chi connectivity index (χ0) is 12.8. The van der Waals surface area contributed by atoms with Crippen LogP contribution in [0.1, 0.15) is 12.0 Å². The van der Waals surface area contributed by atoms with Gasteiger partial charge in [0, 0.05) is 17.3 Å². The highest BCUT2D eigenvalue weighted by molar-refractivity contribution is 5.70. The van der Waals surface area contributed by atoms with Crippen LogP contribution in [0.4, 0.5) is 0 Å². The molecule has 0 saturated carbocycles. The molecule has 1 heterocycles. The molecule has 88 valence electrons. The van der Waals surface area contributed by atoms with Gasteiger partial charge in [0.25, 0.3) is 0 Å². The van der Waals surface area contributed by atoms with Gasteiger partial charge in [-0.1, -0.05) is 30.0 Å². The molecule has 18 heavy (non-hydrogen) atoms. The molecule has 2 aromatic rings. The lowest BCUT2D eigenvalue weighted by Gasteiger charge is -1.99. The molecule has 1 aromatic heterocycles. The zero-order valence-electron chi connectivity index (χ0n) is 9.63. The van der Waals surface area contributed by atoms with Crippen molar-refractivity contribution in [1.82, 2.24) is 4.98 Å². The Morgan fingerprint density at radius 3 is 2.56 bits per heavy atom. The van der Waals surface area contributed by atoms with Gasteiger partial charge < -0.3 is 5.11 Å². The van der Waals surface area contributed by atoms with E-state index in [9.17, 15) is 4.79 Å². The SMILES string of the molecule is O=C(O)CC#Cc1ccc(-c2ccccn2)cc1.